The van der Waals surface area contributed by atoms with Gasteiger partial charge in [-0.1, -0.05) is 34.1 Å². The van der Waals surface area contributed by atoms with E-state index >= 15 is 0 Å². The van der Waals surface area contributed by atoms with Gasteiger partial charge in [0.2, 0.25) is 0 Å². The fraction of sp³-hybridized carbons (Fsp3) is 0.438. The van der Waals surface area contributed by atoms with Crippen molar-refractivity contribution in [3.05, 3.63) is 35.2 Å². The SMILES string of the molecule is O=C(NCC1CCC(Br)CC1)c1cc2ccccc2s1. The molecule has 3 rings (SSSR count). The number of nitrogens with one attached hydrogen (secondary N) is 1. The Labute approximate surface area is 131 Å². The van der Waals surface area contributed by atoms with Gasteiger partial charge in [-0.3, -0.25) is 4.79 Å². The first-order valence-corrected chi connectivity index (χ1v) is 8.86. The number of carbonyl (C=O) groups is 1. The van der Waals surface area contributed by atoms with Crippen LogP contribution in [0.25, 0.3) is 10.1 Å². The van der Waals surface area contributed by atoms with Gasteiger partial charge in [0, 0.05) is 16.1 Å². The van der Waals surface area contributed by atoms with Crippen molar-refractivity contribution in [1.82, 2.24) is 5.32 Å². The van der Waals surface area contributed by atoms with Crippen LogP contribution in [-0.4, -0.2) is 17.3 Å². The Balaban J connectivity index is 1.59. The van der Waals surface area contributed by atoms with Gasteiger partial charge in [-0.05, 0) is 49.1 Å². The first kappa shape index (κ1) is 14.1. The zero-order valence-corrected chi connectivity index (χ0v) is 13.7. The first-order chi connectivity index (χ1) is 9.72. The van der Waals surface area contributed by atoms with Crippen molar-refractivity contribution in [3.8, 4) is 0 Å². The van der Waals surface area contributed by atoms with E-state index in [0.717, 1.165) is 16.8 Å². The second-order valence-corrected chi connectivity index (χ2v) is 7.86. The van der Waals surface area contributed by atoms with E-state index in [9.17, 15) is 4.79 Å². The summed E-state index contributed by atoms with van der Waals surface area (Å²) in [5, 5.41) is 4.26. The highest BCUT2D eigenvalue weighted by atomic mass is 79.9. The van der Waals surface area contributed by atoms with Crippen molar-refractivity contribution in [3.63, 3.8) is 0 Å². The van der Waals surface area contributed by atoms with Crippen LogP contribution in [-0.2, 0) is 0 Å². The molecule has 1 aromatic heterocycles. The van der Waals surface area contributed by atoms with Gasteiger partial charge in [0.15, 0.2) is 0 Å². The van der Waals surface area contributed by atoms with Gasteiger partial charge in [-0.25, -0.2) is 0 Å². The molecule has 1 N–H and O–H groups in total. The Morgan fingerprint density at radius 3 is 2.75 bits per heavy atom. The molecule has 2 nitrogen and oxygen atoms in total. The maximum atomic E-state index is 12.2. The van der Waals surface area contributed by atoms with E-state index in [2.05, 4.69) is 33.4 Å². The normalized spacial score (nSPS) is 22.9. The molecular formula is C16H18BrNOS. The number of alkyl halides is 1. The molecule has 0 bridgehead atoms. The van der Waals surface area contributed by atoms with E-state index in [4.69, 9.17) is 0 Å². The summed E-state index contributed by atoms with van der Waals surface area (Å²) >= 11 is 5.24. The highest BCUT2D eigenvalue weighted by molar-refractivity contribution is 9.09. The quantitative estimate of drug-likeness (QED) is 0.805. The summed E-state index contributed by atoms with van der Waals surface area (Å²) in [6.45, 7) is 0.812. The van der Waals surface area contributed by atoms with Crippen molar-refractivity contribution in [1.29, 1.82) is 0 Å². The predicted molar refractivity (Wildman–Crippen MR) is 88.8 cm³/mol. The molecule has 1 aliphatic rings. The summed E-state index contributed by atoms with van der Waals surface area (Å²) in [5.41, 5.74) is 0. The Morgan fingerprint density at radius 1 is 1.25 bits per heavy atom. The number of benzene rings is 1. The van der Waals surface area contributed by atoms with Crippen molar-refractivity contribution >= 4 is 43.3 Å². The average Bonchev–Trinajstić information content (AvgIpc) is 2.90. The molecule has 106 valence electrons. The number of amides is 1. The Kier molecular flexibility index (Phi) is 4.41. The molecule has 20 heavy (non-hydrogen) atoms. The van der Waals surface area contributed by atoms with Crippen LogP contribution in [0.15, 0.2) is 30.3 Å². The molecule has 1 fully saturated rings. The highest BCUT2D eigenvalue weighted by Crippen LogP contribution is 2.29. The summed E-state index contributed by atoms with van der Waals surface area (Å²) in [7, 11) is 0. The molecule has 1 aromatic carbocycles. The number of hydrogen-bond acceptors (Lipinski definition) is 2. The molecule has 1 amide bonds. The third kappa shape index (κ3) is 3.23. The van der Waals surface area contributed by atoms with Crippen LogP contribution in [0.4, 0.5) is 0 Å². The second kappa shape index (κ2) is 6.27. The van der Waals surface area contributed by atoms with E-state index in [1.54, 1.807) is 11.3 Å². The lowest BCUT2D eigenvalue weighted by molar-refractivity contribution is 0.0948. The number of hydrogen-bond donors (Lipinski definition) is 1. The highest BCUT2D eigenvalue weighted by Gasteiger charge is 2.20. The molecule has 2 aromatic rings. The van der Waals surface area contributed by atoms with Crippen LogP contribution in [0.5, 0.6) is 0 Å². The largest absolute Gasteiger partial charge is 0.351 e. The van der Waals surface area contributed by atoms with Gasteiger partial charge >= 0.3 is 0 Å². The number of rotatable bonds is 3. The van der Waals surface area contributed by atoms with Gasteiger partial charge in [-0.15, -0.1) is 11.3 Å². The van der Waals surface area contributed by atoms with E-state index in [0.29, 0.717) is 10.7 Å². The third-order valence-electron chi connectivity index (χ3n) is 3.98. The van der Waals surface area contributed by atoms with Gasteiger partial charge in [-0.2, -0.15) is 0 Å². The van der Waals surface area contributed by atoms with Gasteiger partial charge in [0.05, 0.1) is 4.88 Å². The Bertz CT molecular complexity index is 568. The van der Waals surface area contributed by atoms with Crippen molar-refractivity contribution < 1.29 is 4.79 Å². The van der Waals surface area contributed by atoms with Crippen LogP contribution >= 0.6 is 27.3 Å². The van der Waals surface area contributed by atoms with E-state index < -0.39 is 0 Å². The monoisotopic (exact) mass is 351 g/mol. The Hall–Kier alpha value is -0.870. The fourth-order valence-electron chi connectivity index (χ4n) is 2.74. The lowest BCUT2D eigenvalue weighted by Crippen LogP contribution is -2.30. The molecule has 0 atom stereocenters. The minimum atomic E-state index is 0.0761. The minimum Gasteiger partial charge on any atom is -0.351 e. The molecule has 1 aliphatic carbocycles. The number of halogens is 1. The van der Waals surface area contributed by atoms with E-state index in [1.165, 1.54) is 30.4 Å². The Morgan fingerprint density at radius 2 is 2.00 bits per heavy atom. The maximum absolute atomic E-state index is 12.2. The molecule has 0 saturated heterocycles. The van der Waals surface area contributed by atoms with Crippen molar-refractivity contribution in [2.75, 3.05) is 6.54 Å². The standard InChI is InChI=1S/C16H18BrNOS/c17-13-7-5-11(6-8-13)10-18-16(19)15-9-12-3-1-2-4-14(12)20-15/h1-4,9,11,13H,5-8,10H2,(H,18,19). The van der Waals surface area contributed by atoms with Crippen molar-refractivity contribution in [2.24, 2.45) is 5.92 Å². The molecule has 4 heteroatoms. The first-order valence-electron chi connectivity index (χ1n) is 7.13. The molecule has 0 aliphatic heterocycles. The molecule has 0 radical (unpaired) electrons. The zero-order valence-electron chi connectivity index (χ0n) is 11.3. The maximum Gasteiger partial charge on any atom is 0.261 e. The van der Waals surface area contributed by atoms with Crippen LogP contribution in [0.3, 0.4) is 0 Å². The van der Waals surface area contributed by atoms with Gasteiger partial charge < -0.3 is 5.32 Å². The number of fused-ring (bicyclic) bond motifs is 1. The van der Waals surface area contributed by atoms with Gasteiger partial charge in [0.25, 0.3) is 5.91 Å². The molecule has 0 spiro atoms. The summed E-state index contributed by atoms with van der Waals surface area (Å²) in [5.74, 6) is 0.717. The lowest BCUT2D eigenvalue weighted by Gasteiger charge is -2.25. The smallest absolute Gasteiger partial charge is 0.261 e. The molecular weight excluding hydrogens is 334 g/mol. The second-order valence-electron chi connectivity index (χ2n) is 5.48. The van der Waals surface area contributed by atoms with Crippen molar-refractivity contribution in [2.45, 2.75) is 30.5 Å². The molecule has 1 heterocycles. The summed E-state index contributed by atoms with van der Waals surface area (Å²) in [6, 6.07) is 10.1. The number of thiophene rings is 1. The third-order valence-corrected chi connectivity index (χ3v) is 6.01. The van der Waals surface area contributed by atoms with Crippen LogP contribution in [0.2, 0.25) is 0 Å². The fourth-order valence-corrected chi connectivity index (χ4v) is 4.25. The molecule has 1 saturated carbocycles. The van der Waals surface area contributed by atoms with E-state index in [-0.39, 0.29) is 5.91 Å². The predicted octanol–water partition coefficient (Wildman–Crippen LogP) is 4.58. The van der Waals surface area contributed by atoms with Crippen LogP contribution in [0, 0.1) is 5.92 Å². The summed E-state index contributed by atoms with van der Waals surface area (Å²) in [4.78, 5) is 13.7. The lowest BCUT2D eigenvalue weighted by atomic mass is 9.89. The molecule has 0 unspecified atom stereocenters. The van der Waals surface area contributed by atoms with Gasteiger partial charge in [0.1, 0.15) is 0 Å². The topological polar surface area (TPSA) is 29.1 Å². The summed E-state index contributed by atoms with van der Waals surface area (Å²) < 4.78 is 1.18. The van der Waals surface area contributed by atoms with Crippen LogP contribution < -0.4 is 5.32 Å². The number of carbonyl (C=O) groups excluding carboxylic acids is 1. The van der Waals surface area contributed by atoms with Crippen LogP contribution in [0.1, 0.15) is 35.4 Å². The average molecular weight is 352 g/mol. The zero-order chi connectivity index (χ0) is 13.9. The summed E-state index contributed by atoms with van der Waals surface area (Å²) in [6.07, 6.45) is 4.87. The minimum absolute atomic E-state index is 0.0761. The van der Waals surface area contributed by atoms with E-state index in [1.807, 2.05) is 18.2 Å².